The number of amidine groups is 1. The van der Waals surface area contributed by atoms with Crippen LogP contribution in [0.15, 0.2) is 130 Å². The fourth-order valence-corrected chi connectivity index (χ4v) is 10.5. The molecule has 25 nitrogen and oxygen atoms in total. The van der Waals surface area contributed by atoms with E-state index in [1.54, 1.807) is 93.1 Å². The van der Waals surface area contributed by atoms with Gasteiger partial charge >= 0.3 is 5.97 Å². The van der Waals surface area contributed by atoms with Crippen LogP contribution in [0.4, 0.5) is 0 Å². The van der Waals surface area contributed by atoms with Crippen molar-refractivity contribution in [3.8, 4) is 51.4 Å². The summed E-state index contributed by atoms with van der Waals surface area (Å²) in [5.74, 6) is 6.19. The Morgan fingerprint density at radius 1 is 0.774 bits per heavy atom. The number of benzene rings is 5. The molecule has 9 N–H and O–H groups in total. The number of carbonyl (C=O) groups excluding carboxylic acids is 3. The number of nitrogens with zero attached hydrogens (tertiary/aromatic N) is 11. The van der Waals surface area contributed by atoms with Gasteiger partial charge in [0, 0.05) is 130 Å². The van der Waals surface area contributed by atoms with Crippen molar-refractivity contribution in [3.05, 3.63) is 153 Å². The standard InChI is InChI=1S/C28H29N7O4.C14H20N4O2.C12H14N4O2.C11H13IO2.2Ac/c29-25(33-34-30)18-6-4-5-17(13-18)14-23(28(37)38)32-27(36)19-9-10-24-22(15-19)31-26(20-11-12-39-16-20)35(24)21-7-2-1-3-8-21;1-4-20-9-18-16-14(15-17-18)12-8-11(7-10(2)3)5-6-13(12)19;1-7(8(2)17)5-9-3-4-11(18)10(6-9)12-13-15-16-14-12;1-7(8(2)13)5-9-3-4-11(14)10(12)6-9;;/h4-6,9-13,15-16,21,23H,1-3,7-8,14H2,(H,32,36)(H,37,38)(H3,29,30,33);5-6,8,10,19H,4,7,9H2,1-3H3;3-4,6-7,18H,5H2,1-2H3,(H,13,14,15,16);3-4,6-7,14H,5H2,1-2H3;;/t23-;;2*7-;;/m0.00../s1. The van der Waals surface area contributed by atoms with Gasteiger partial charge in [0.05, 0.1) is 37.6 Å². The summed E-state index contributed by atoms with van der Waals surface area (Å²) in [6.45, 7) is 14.0. The van der Waals surface area contributed by atoms with E-state index < -0.39 is 17.9 Å². The first kappa shape index (κ1) is 77.0. The number of ketones is 2. The number of carboxylic acids is 1. The largest absolute Gasteiger partial charge is 0.507 e. The number of amides is 1. The van der Waals surface area contributed by atoms with E-state index in [1.807, 2.05) is 57.2 Å². The van der Waals surface area contributed by atoms with Crippen LogP contribution in [0.1, 0.15) is 125 Å². The van der Waals surface area contributed by atoms with Gasteiger partial charge in [0.15, 0.2) is 12.6 Å². The molecule has 4 heterocycles. The van der Waals surface area contributed by atoms with Crippen molar-refractivity contribution in [2.24, 2.45) is 33.9 Å². The minimum Gasteiger partial charge on any atom is -0.507 e. The van der Waals surface area contributed by atoms with Crippen LogP contribution in [-0.2, 0) is 51.5 Å². The summed E-state index contributed by atoms with van der Waals surface area (Å²) in [7, 11) is 0. The summed E-state index contributed by atoms with van der Waals surface area (Å²) in [6.07, 6.45) is 11.3. The number of aromatic nitrogens is 10. The molecule has 1 saturated carbocycles. The number of rotatable bonds is 21. The zero-order valence-corrected chi connectivity index (χ0v) is 64.6. The predicted molar refractivity (Wildman–Crippen MR) is 349 cm³/mol. The fraction of sp³-hybridized carbons (Fsp3) is 0.354. The number of phenols is 3. The summed E-state index contributed by atoms with van der Waals surface area (Å²) in [4.78, 5) is 53.7. The zero-order valence-electron chi connectivity index (χ0n) is 52.9. The van der Waals surface area contributed by atoms with E-state index in [4.69, 9.17) is 25.4 Å². The molecule has 5 aromatic carbocycles. The van der Waals surface area contributed by atoms with Gasteiger partial charge in [-0.25, -0.2) is 9.78 Å². The molecule has 28 heteroatoms. The van der Waals surface area contributed by atoms with Crippen molar-refractivity contribution >= 4 is 62.9 Å². The van der Waals surface area contributed by atoms with E-state index in [0.717, 1.165) is 75.7 Å². The number of nitrogens with one attached hydrogen (secondary N) is 3. The molecule has 0 bridgehead atoms. The topological polar surface area (TPSA) is 374 Å². The molecular formula is C65H76Ac2IN15O10. The molecule has 3 atom stereocenters. The number of hydrogen-bond acceptors (Lipinski definition) is 18. The third kappa shape index (κ3) is 22.8. The van der Waals surface area contributed by atoms with Crippen molar-refractivity contribution in [2.45, 2.75) is 125 Å². The van der Waals surface area contributed by atoms with Crippen LogP contribution in [0.2, 0.25) is 0 Å². The maximum absolute atomic E-state index is 13.2. The third-order valence-electron chi connectivity index (χ3n) is 15.0. The second kappa shape index (κ2) is 38.0. The Kier molecular flexibility index (Phi) is 31.5. The molecule has 1 amide bonds. The third-order valence-corrected chi connectivity index (χ3v) is 15.9. The number of carboxylic acid groups (broad SMARTS) is 1. The molecule has 93 heavy (non-hydrogen) atoms. The van der Waals surface area contributed by atoms with E-state index in [-0.39, 0.29) is 142 Å². The van der Waals surface area contributed by atoms with Gasteiger partial charge < -0.3 is 45.3 Å². The van der Waals surface area contributed by atoms with Crippen LogP contribution >= 0.6 is 22.6 Å². The van der Waals surface area contributed by atoms with Gasteiger partial charge in [0.2, 0.25) is 11.6 Å². The average Bonchev–Trinajstić information content (AvgIpc) is 1.62. The molecule has 0 aliphatic heterocycles. The molecule has 4 aromatic heterocycles. The number of aromatic hydroxyl groups is 3. The summed E-state index contributed by atoms with van der Waals surface area (Å²) in [5, 5.41) is 81.5. The maximum atomic E-state index is 13.2. The number of ether oxygens (including phenoxy) is 1. The summed E-state index contributed by atoms with van der Waals surface area (Å²) in [5.41, 5.74) is 8.14. The Bertz CT molecular complexity index is 3950. The smallest absolute Gasteiger partial charge is 0.326 e. The summed E-state index contributed by atoms with van der Waals surface area (Å²) < 4.78 is 13.6. The number of halogens is 1. The molecule has 1 aliphatic rings. The van der Waals surface area contributed by atoms with Crippen LogP contribution in [-0.4, -0.2) is 113 Å². The predicted octanol–water partition coefficient (Wildman–Crippen LogP) is 11.2. The van der Waals surface area contributed by atoms with Crippen molar-refractivity contribution < 1.29 is 137 Å². The number of hydrogen-bond donors (Lipinski definition) is 8. The van der Waals surface area contributed by atoms with Gasteiger partial charge in [-0.1, -0.05) is 88.6 Å². The van der Waals surface area contributed by atoms with Crippen LogP contribution in [0.5, 0.6) is 17.2 Å². The second-order valence-electron chi connectivity index (χ2n) is 22.5. The Balaban J connectivity index is 0.000000245. The normalized spacial score (nSPS) is 13.0. The Morgan fingerprint density at radius 2 is 1.40 bits per heavy atom. The summed E-state index contributed by atoms with van der Waals surface area (Å²) >= 11 is 2.08. The second-order valence-corrected chi connectivity index (χ2v) is 23.7. The van der Waals surface area contributed by atoms with E-state index in [0.29, 0.717) is 75.7 Å². The number of aliphatic carboxylic acids is 1. The molecule has 484 valence electrons. The van der Waals surface area contributed by atoms with Crippen molar-refractivity contribution in [3.63, 3.8) is 0 Å². The number of furan rings is 1. The monoisotopic (exact) mass is 1810 g/mol. The van der Waals surface area contributed by atoms with E-state index in [9.17, 15) is 39.6 Å². The first-order valence-corrected chi connectivity index (χ1v) is 30.8. The Morgan fingerprint density at radius 3 is 1.97 bits per heavy atom. The Labute approximate surface area is 623 Å². The quantitative estimate of drug-likeness (QED) is 0.00827. The van der Waals surface area contributed by atoms with Gasteiger partial charge in [0.1, 0.15) is 46.9 Å². The Hall–Kier alpha value is -6.69. The molecule has 1 aliphatic carbocycles. The summed E-state index contributed by atoms with van der Waals surface area (Å²) in [6, 6.07) is 29.1. The van der Waals surface area contributed by atoms with Gasteiger partial charge in [0.25, 0.3) is 5.91 Å². The molecule has 9 aromatic rings. The number of H-pyrrole nitrogens is 1. The number of carbonyl (C=O) groups is 4. The molecule has 2 radical (unpaired) electrons. The van der Waals surface area contributed by atoms with E-state index in [1.165, 1.54) is 11.2 Å². The number of nitrogens with two attached hydrogens (primary N) is 1. The number of Topliss-reactive ketones (excluding diaryl/α,β-unsaturated/α-hetero) is 2. The van der Waals surface area contributed by atoms with Gasteiger partial charge in [-0.15, -0.1) is 30.3 Å². The SMILES string of the molecule is CC(=O)[C@@H](C)Cc1ccc(O)c(-c2nn[nH]n2)c1.CC(=O)[C@@H](C)Cc1ccc(O)c(I)c1.CCOCn1nnc(-c2cc(CC(C)C)ccc2O)n1.N=C(N=NN)c1cccc(C[C@H](NC(=O)c2ccc3c(c2)nc(-c2ccoc2)n3C2CCCCC2)C(=O)O)c1.[Ac].[Ac]. The fourth-order valence-electron chi connectivity index (χ4n) is 9.96. The van der Waals surface area contributed by atoms with Crippen LogP contribution in [0.3, 0.4) is 0 Å². The van der Waals surface area contributed by atoms with Crippen molar-refractivity contribution in [1.29, 1.82) is 5.41 Å². The van der Waals surface area contributed by atoms with E-state index in [2.05, 4.69) is 92.7 Å². The van der Waals surface area contributed by atoms with Crippen LogP contribution in [0, 0.1) is 115 Å². The van der Waals surface area contributed by atoms with Crippen molar-refractivity contribution in [2.75, 3.05) is 6.61 Å². The molecule has 10 rings (SSSR count). The molecule has 1 fully saturated rings. The number of tetrazole rings is 2. The first-order chi connectivity index (χ1) is 43.6. The molecular weight excluding hydrogens is 1730 g/mol. The average molecular weight is 1810 g/mol. The van der Waals surface area contributed by atoms with E-state index >= 15 is 0 Å². The molecule has 0 spiro atoms. The van der Waals surface area contributed by atoms with Gasteiger partial charge in [-0.05, 0) is 181 Å². The molecule has 0 unspecified atom stereocenters. The van der Waals surface area contributed by atoms with Crippen molar-refractivity contribution in [1.82, 2.24) is 55.7 Å². The first-order valence-electron chi connectivity index (χ1n) is 29.7. The number of imidazole rings is 1. The van der Waals surface area contributed by atoms with Gasteiger partial charge in [-0.3, -0.25) is 19.8 Å². The minimum atomic E-state index is -1.19. The minimum absolute atomic E-state index is 0. The number of fused-ring (bicyclic) bond motifs is 1. The zero-order chi connectivity index (χ0) is 65.7. The number of aromatic amines is 1. The maximum Gasteiger partial charge on any atom is 0.326 e. The van der Waals surface area contributed by atoms with Gasteiger partial charge in [-0.2, -0.15) is 5.21 Å². The molecule has 0 saturated heterocycles. The number of phenolic OH excluding ortho intramolecular Hbond substituents is 3. The van der Waals surface area contributed by atoms with Crippen LogP contribution < -0.4 is 11.2 Å². The van der Waals surface area contributed by atoms with Crippen LogP contribution in [0.25, 0.3) is 45.2 Å².